The van der Waals surface area contributed by atoms with Crippen LogP contribution in [0.1, 0.15) is 6.42 Å². The van der Waals surface area contributed by atoms with Crippen LogP contribution in [0, 0.1) is 0 Å². The molecule has 0 aliphatic heterocycles. The smallest absolute Gasteiger partial charge is 0.0649 e. The van der Waals surface area contributed by atoms with Crippen molar-refractivity contribution in [2.45, 2.75) is 6.42 Å². The summed E-state index contributed by atoms with van der Waals surface area (Å²) in [6.07, 6.45) is 6.87. The van der Waals surface area contributed by atoms with Crippen molar-refractivity contribution in [1.82, 2.24) is 0 Å². The molecule has 0 atom stereocenters. The van der Waals surface area contributed by atoms with E-state index < -0.39 is 0 Å². The van der Waals surface area contributed by atoms with Crippen LogP contribution in [-0.2, 0) is 9.47 Å². The zero-order valence-electron chi connectivity index (χ0n) is 8.25. The van der Waals surface area contributed by atoms with Gasteiger partial charge in [-0.1, -0.05) is 18.2 Å². The lowest BCUT2D eigenvalue weighted by Crippen LogP contribution is -1.88. The summed E-state index contributed by atoms with van der Waals surface area (Å²) in [4.78, 5) is 0. The second kappa shape index (κ2) is 9.78. The Labute approximate surface area is 85.2 Å². The lowest BCUT2D eigenvalue weighted by Gasteiger charge is -1.98. The second-order valence-electron chi connectivity index (χ2n) is 2.53. The highest BCUT2D eigenvalue weighted by Crippen LogP contribution is 2.04. The number of rotatable bonds is 7. The Kier molecular flexibility index (Phi) is 9.54. The molecule has 0 heterocycles. The number of hydrogen-bond donors (Lipinski definition) is 0. The van der Waals surface area contributed by atoms with E-state index in [1.165, 1.54) is 5.57 Å². The zero-order valence-corrected chi connectivity index (χ0v) is 9.01. The van der Waals surface area contributed by atoms with Gasteiger partial charge in [0.1, 0.15) is 0 Å². The molecule has 0 aromatic rings. The van der Waals surface area contributed by atoms with Gasteiger partial charge in [0.05, 0.1) is 13.2 Å². The molecule has 0 fully saturated rings. The quantitative estimate of drug-likeness (QED) is 0.468. The van der Waals surface area contributed by atoms with E-state index in [9.17, 15) is 0 Å². The molecule has 0 rings (SSSR count). The molecule has 13 heavy (non-hydrogen) atoms. The lowest BCUT2D eigenvalue weighted by molar-refractivity contribution is 0.232. The van der Waals surface area contributed by atoms with E-state index in [1.807, 2.05) is 18.2 Å². The molecule has 0 spiro atoms. The SMILES string of the molecule is COC/C=C\C(=C/COC)CCCl. The summed E-state index contributed by atoms with van der Waals surface area (Å²) >= 11 is 5.64. The average Bonchev–Trinajstić information content (AvgIpc) is 2.14. The lowest BCUT2D eigenvalue weighted by atomic mass is 10.2. The van der Waals surface area contributed by atoms with Gasteiger partial charge < -0.3 is 9.47 Å². The highest BCUT2D eigenvalue weighted by Gasteiger charge is 1.90. The van der Waals surface area contributed by atoms with E-state index in [4.69, 9.17) is 21.1 Å². The fraction of sp³-hybridized carbons (Fsp3) is 0.600. The maximum atomic E-state index is 5.64. The van der Waals surface area contributed by atoms with E-state index in [1.54, 1.807) is 14.2 Å². The molecule has 0 aliphatic rings. The number of allylic oxidation sites excluding steroid dienone is 2. The highest BCUT2D eigenvalue weighted by molar-refractivity contribution is 6.18. The van der Waals surface area contributed by atoms with Gasteiger partial charge in [-0.2, -0.15) is 0 Å². The van der Waals surface area contributed by atoms with Crippen LogP contribution >= 0.6 is 11.6 Å². The minimum Gasteiger partial charge on any atom is -0.381 e. The summed E-state index contributed by atoms with van der Waals surface area (Å²) in [5.41, 5.74) is 1.19. The van der Waals surface area contributed by atoms with Crippen molar-refractivity contribution >= 4 is 11.6 Å². The summed E-state index contributed by atoms with van der Waals surface area (Å²) in [7, 11) is 3.35. The molecule has 0 bridgehead atoms. The van der Waals surface area contributed by atoms with E-state index in [-0.39, 0.29) is 0 Å². The van der Waals surface area contributed by atoms with Gasteiger partial charge in [-0.05, 0) is 12.0 Å². The molecular formula is C10H17ClO2. The minimum atomic E-state index is 0.629. The van der Waals surface area contributed by atoms with Gasteiger partial charge in [-0.3, -0.25) is 0 Å². The number of ether oxygens (including phenoxy) is 2. The van der Waals surface area contributed by atoms with Crippen LogP contribution in [0.5, 0.6) is 0 Å². The van der Waals surface area contributed by atoms with Crippen LogP contribution in [0.4, 0.5) is 0 Å². The number of alkyl halides is 1. The fourth-order valence-corrected chi connectivity index (χ4v) is 1.07. The van der Waals surface area contributed by atoms with Crippen molar-refractivity contribution in [1.29, 1.82) is 0 Å². The Morgan fingerprint density at radius 2 is 1.92 bits per heavy atom. The van der Waals surface area contributed by atoms with E-state index in [2.05, 4.69) is 0 Å². The number of halogens is 1. The third-order valence-corrected chi connectivity index (χ3v) is 1.68. The van der Waals surface area contributed by atoms with Crippen molar-refractivity contribution in [3.05, 3.63) is 23.8 Å². The molecule has 0 aromatic heterocycles. The second-order valence-corrected chi connectivity index (χ2v) is 2.91. The molecule has 0 aromatic carbocycles. The molecule has 76 valence electrons. The van der Waals surface area contributed by atoms with Gasteiger partial charge in [0.15, 0.2) is 0 Å². The number of hydrogen-bond acceptors (Lipinski definition) is 2. The summed E-state index contributed by atoms with van der Waals surface area (Å²) < 4.78 is 9.84. The van der Waals surface area contributed by atoms with Gasteiger partial charge in [0, 0.05) is 20.1 Å². The van der Waals surface area contributed by atoms with Crippen molar-refractivity contribution in [3.8, 4) is 0 Å². The fourth-order valence-electron chi connectivity index (χ4n) is 0.849. The Morgan fingerprint density at radius 3 is 2.46 bits per heavy atom. The standard InChI is InChI=1S/C10H17ClO2/c1-12-8-3-4-10(5-7-11)6-9-13-2/h3-4,6H,5,7-9H2,1-2H3/b4-3-,10-6+. The van der Waals surface area contributed by atoms with E-state index >= 15 is 0 Å². The predicted octanol–water partition coefficient (Wildman–Crippen LogP) is 2.39. The summed E-state index contributed by atoms with van der Waals surface area (Å²) in [6.45, 7) is 1.26. The molecule has 0 aliphatic carbocycles. The van der Waals surface area contributed by atoms with Crippen molar-refractivity contribution in [2.24, 2.45) is 0 Å². The molecule has 0 N–H and O–H groups in total. The van der Waals surface area contributed by atoms with Crippen LogP contribution in [0.25, 0.3) is 0 Å². The first kappa shape index (κ1) is 12.7. The van der Waals surface area contributed by atoms with Crippen LogP contribution in [-0.4, -0.2) is 33.3 Å². The summed E-state index contributed by atoms with van der Waals surface area (Å²) in [5.74, 6) is 0.632. The Bertz CT molecular complexity index is 164. The van der Waals surface area contributed by atoms with Gasteiger partial charge >= 0.3 is 0 Å². The first-order valence-corrected chi connectivity index (χ1v) is 4.78. The van der Waals surface area contributed by atoms with Gasteiger partial charge in [-0.15, -0.1) is 11.6 Å². The molecule has 2 nitrogen and oxygen atoms in total. The molecule has 0 amide bonds. The Morgan fingerprint density at radius 1 is 1.23 bits per heavy atom. The maximum Gasteiger partial charge on any atom is 0.0649 e. The minimum absolute atomic E-state index is 0.629. The van der Waals surface area contributed by atoms with E-state index in [0.717, 1.165) is 6.42 Å². The molecule has 3 heteroatoms. The van der Waals surface area contributed by atoms with Crippen LogP contribution in [0.15, 0.2) is 23.8 Å². The third-order valence-electron chi connectivity index (χ3n) is 1.49. The Hall–Kier alpha value is -0.310. The van der Waals surface area contributed by atoms with Gasteiger partial charge in [0.25, 0.3) is 0 Å². The van der Waals surface area contributed by atoms with Crippen LogP contribution < -0.4 is 0 Å². The molecule has 0 saturated carbocycles. The average molecular weight is 205 g/mol. The van der Waals surface area contributed by atoms with Crippen molar-refractivity contribution in [3.63, 3.8) is 0 Å². The molecular weight excluding hydrogens is 188 g/mol. The predicted molar refractivity (Wildman–Crippen MR) is 56.3 cm³/mol. The monoisotopic (exact) mass is 204 g/mol. The first-order valence-electron chi connectivity index (χ1n) is 4.24. The third kappa shape index (κ3) is 8.03. The molecule has 0 unspecified atom stereocenters. The summed E-state index contributed by atoms with van der Waals surface area (Å²) in [5, 5.41) is 0. The van der Waals surface area contributed by atoms with Crippen molar-refractivity contribution < 1.29 is 9.47 Å². The van der Waals surface area contributed by atoms with Crippen molar-refractivity contribution in [2.75, 3.05) is 33.3 Å². The number of methoxy groups -OCH3 is 2. The largest absolute Gasteiger partial charge is 0.381 e. The van der Waals surface area contributed by atoms with E-state index in [0.29, 0.717) is 19.1 Å². The molecule has 0 radical (unpaired) electrons. The van der Waals surface area contributed by atoms with Gasteiger partial charge in [-0.25, -0.2) is 0 Å². The van der Waals surface area contributed by atoms with Crippen LogP contribution in [0.3, 0.4) is 0 Å². The zero-order chi connectivity index (χ0) is 9.94. The maximum absolute atomic E-state index is 5.64. The highest BCUT2D eigenvalue weighted by atomic mass is 35.5. The van der Waals surface area contributed by atoms with Gasteiger partial charge in [0.2, 0.25) is 0 Å². The van der Waals surface area contributed by atoms with Crippen LogP contribution in [0.2, 0.25) is 0 Å². The Balaban J connectivity index is 3.92. The topological polar surface area (TPSA) is 18.5 Å². The normalized spacial score (nSPS) is 12.7. The molecule has 0 saturated heterocycles. The summed E-state index contributed by atoms with van der Waals surface area (Å²) in [6, 6.07) is 0. The first-order chi connectivity index (χ1) is 6.35.